The van der Waals surface area contributed by atoms with E-state index >= 15 is 0 Å². The van der Waals surface area contributed by atoms with E-state index in [0.717, 1.165) is 48.3 Å². The molecule has 1 atom stereocenters. The van der Waals surface area contributed by atoms with Crippen LogP contribution in [-0.4, -0.2) is 35.3 Å². The average molecular weight is 400 g/mol. The Morgan fingerprint density at radius 2 is 2.10 bits per heavy atom. The van der Waals surface area contributed by atoms with E-state index in [9.17, 15) is 18.7 Å². The number of aromatic carboxylic acids is 1. The number of fused-ring (bicyclic) bond motifs is 2. The number of H-pyrrole nitrogens is 1. The van der Waals surface area contributed by atoms with Crippen LogP contribution in [0.3, 0.4) is 0 Å². The fourth-order valence-electron chi connectivity index (χ4n) is 3.88. The maximum absolute atomic E-state index is 13.9. The van der Waals surface area contributed by atoms with Gasteiger partial charge in [-0.3, -0.25) is 0 Å². The monoisotopic (exact) mass is 400 g/mol. The molecule has 0 saturated carbocycles. The predicted octanol–water partition coefficient (Wildman–Crippen LogP) is 4.06. The summed E-state index contributed by atoms with van der Waals surface area (Å²) in [5.74, 6) is -1.80. The first-order valence-electron chi connectivity index (χ1n) is 9.69. The Kier molecular flexibility index (Phi) is 5.49. The number of carbonyl (C=O) groups is 1. The van der Waals surface area contributed by atoms with E-state index < -0.39 is 11.8 Å². The number of carboxylic acids is 1. The maximum Gasteiger partial charge on any atom is 0.336 e. The zero-order chi connectivity index (χ0) is 20.4. The second-order valence-electron chi connectivity index (χ2n) is 7.33. The molecule has 0 fully saturated rings. The fraction of sp³-hybridized carbons (Fsp3) is 0.318. The number of aryl methyl sites for hydroxylation is 1. The van der Waals surface area contributed by atoms with E-state index in [1.165, 1.54) is 12.1 Å². The summed E-state index contributed by atoms with van der Waals surface area (Å²) in [7, 11) is 0. The van der Waals surface area contributed by atoms with Crippen molar-refractivity contribution in [3.63, 3.8) is 0 Å². The van der Waals surface area contributed by atoms with Gasteiger partial charge >= 0.3 is 5.97 Å². The SMILES string of the molecule is O=C(O)c1ccc(F)c2c1C[C@H](NCCCCc1c[nH]c3ccc(F)cc13)CO2. The van der Waals surface area contributed by atoms with Gasteiger partial charge in [0.2, 0.25) is 0 Å². The smallest absolute Gasteiger partial charge is 0.336 e. The van der Waals surface area contributed by atoms with Crippen molar-refractivity contribution in [1.29, 1.82) is 0 Å². The Labute approximate surface area is 166 Å². The van der Waals surface area contributed by atoms with Crippen molar-refractivity contribution in [2.75, 3.05) is 13.2 Å². The highest BCUT2D eigenvalue weighted by molar-refractivity contribution is 5.90. The molecule has 0 spiro atoms. The lowest BCUT2D eigenvalue weighted by Crippen LogP contribution is -2.40. The van der Waals surface area contributed by atoms with E-state index in [-0.39, 0.29) is 23.2 Å². The third-order valence-electron chi connectivity index (χ3n) is 5.36. The number of aromatic amines is 1. The number of rotatable bonds is 7. The van der Waals surface area contributed by atoms with Crippen LogP contribution >= 0.6 is 0 Å². The number of hydrogen-bond acceptors (Lipinski definition) is 3. The van der Waals surface area contributed by atoms with Crippen LogP contribution in [-0.2, 0) is 12.8 Å². The lowest BCUT2D eigenvalue weighted by atomic mass is 9.96. The zero-order valence-electron chi connectivity index (χ0n) is 15.8. The largest absolute Gasteiger partial charge is 0.489 e. The van der Waals surface area contributed by atoms with Crippen molar-refractivity contribution in [1.82, 2.24) is 10.3 Å². The van der Waals surface area contributed by atoms with Crippen LogP contribution in [0.5, 0.6) is 5.75 Å². The summed E-state index contributed by atoms with van der Waals surface area (Å²) in [6.45, 7) is 1.03. The highest BCUT2D eigenvalue weighted by Crippen LogP contribution is 2.31. The summed E-state index contributed by atoms with van der Waals surface area (Å²) in [4.78, 5) is 14.6. The molecule has 0 amide bonds. The number of aromatic nitrogens is 1. The first kappa shape index (κ1) is 19.4. The molecule has 3 N–H and O–H groups in total. The number of carboxylic acid groups (broad SMARTS) is 1. The Bertz CT molecular complexity index is 1050. The molecular weight excluding hydrogens is 378 g/mol. The minimum atomic E-state index is -1.08. The molecule has 152 valence electrons. The molecular formula is C22H22F2N2O3. The van der Waals surface area contributed by atoms with Gasteiger partial charge in [0, 0.05) is 28.7 Å². The minimum Gasteiger partial charge on any atom is -0.489 e. The Morgan fingerprint density at radius 3 is 2.93 bits per heavy atom. The minimum absolute atomic E-state index is 0.0505. The number of benzene rings is 2. The Balaban J connectivity index is 1.29. The molecule has 29 heavy (non-hydrogen) atoms. The third-order valence-corrected chi connectivity index (χ3v) is 5.36. The number of hydrogen-bond donors (Lipinski definition) is 3. The highest BCUT2D eigenvalue weighted by Gasteiger charge is 2.27. The molecule has 0 saturated heterocycles. The summed E-state index contributed by atoms with van der Waals surface area (Å²) in [6, 6.07) is 7.09. The normalized spacial score (nSPS) is 15.9. The summed E-state index contributed by atoms with van der Waals surface area (Å²) in [6.07, 6.45) is 5.00. The molecule has 1 aliphatic rings. The Morgan fingerprint density at radius 1 is 1.24 bits per heavy atom. The molecule has 0 radical (unpaired) electrons. The second-order valence-corrected chi connectivity index (χ2v) is 7.33. The van der Waals surface area contributed by atoms with Crippen molar-refractivity contribution < 1.29 is 23.4 Å². The van der Waals surface area contributed by atoms with Crippen molar-refractivity contribution in [3.05, 3.63) is 64.9 Å². The van der Waals surface area contributed by atoms with Gasteiger partial charge < -0.3 is 20.1 Å². The van der Waals surface area contributed by atoms with Crippen LogP contribution in [0.2, 0.25) is 0 Å². The summed E-state index contributed by atoms with van der Waals surface area (Å²) < 4.78 is 32.8. The first-order valence-corrected chi connectivity index (χ1v) is 9.69. The van der Waals surface area contributed by atoms with Crippen molar-refractivity contribution in [2.45, 2.75) is 31.7 Å². The maximum atomic E-state index is 13.9. The van der Waals surface area contributed by atoms with Crippen LogP contribution < -0.4 is 10.1 Å². The molecule has 1 aliphatic heterocycles. The fourth-order valence-corrected chi connectivity index (χ4v) is 3.88. The third kappa shape index (κ3) is 4.10. The van der Waals surface area contributed by atoms with E-state index in [4.69, 9.17) is 4.74 Å². The van der Waals surface area contributed by atoms with E-state index in [2.05, 4.69) is 10.3 Å². The van der Waals surface area contributed by atoms with Crippen molar-refractivity contribution >= 4 is 16.9 Å². The molecule has 2 aromatic carbocycles. The summed E-state index contributed by atoms with van der Waals surface area (Å²) in [5, 5.41) is 13.6. The van der Waals surface area contributed by atoms with Crippen LogP contribution in [0.4, 0.5) is 8.78 Å². The van der Waals surface area contributed by atoms with Gasteiger partial charge in [-0.25, -0.2) is 13.6 Å². The first-order chi connectivity index (χ1) is 14.0. The highest BCUT2D eigenvalue weighted by atomic mass is 19.1. The Hall–Kier alpha value is -2.93. The van der Waals surface area contributed by atoms with Crippen LogP contribution in [0, 0.1) is 11.6 Å². The summed E-state index contributed by atoms with van der Waals surface area (Å²) >= 11 is 0. The van der Waals surface area contributed by atoms with Gasteiger partial charge in [-0.2, -0.15) is 0 Å². The molecule has 5 nitrogen and oxygen atoms in total. The molecule has 7 heteroatoms. The van der Waals surface area contributed by atoms with E-state index in [0.29, 0.717) is 18.6 Å². The number of ether oxygens (including phenoxy) is 1. The van der Waals surface area contributed by atoms with Crippen LogP contribution in [0.25, 0.3) is 10.9 Å². The lowest BCUT2D eigenvalue weighted by Gasteiger charge is -2.27. The number of nitrogens with one attached hydrogen (secondary N) is 2. The van der Waals surface area contributed by atoms with Crippen molar-refractivity contribution in [3.8, 4) is 5.75 Å². The van der Waals surface area contributed by atoms with Gasteiger partial charge in [-0.15, -0.1) is 0 Å². The number of halogens is 2. The van der Waals surface area contributed by atoms with Gasteiger partial charge in [0.1, 0.15) is 12.4 Å². The second kappa shape index (κ2) is 8.21. The molecule has 2 heterocycles. The molecule has 0 aliphatic carbocycles. The average Bonchev–Trinajstić information content (AvgIpc) is 3.09. The molecule has 1 aromatic heterocycles. The quantitative estimate of drug-likeness (QED) is 0.523. The molecule has 0 unspecified atom stereocenters. The molecule has 3 aromatic rings. The topological polar surface area (TPSA) is 74.4 Å². The zero-order valence-corrected chi connectivity index (χ0v) is 15.8. The predicted molar refractivity (Wildman–Crippen MR) is 106 cm³/mol. The van der Waals surface area contributed by atoms with Crippen molar-refractivity contribution in [2.24, 2.45) is 0 Å². The van der Waals surface area contributed by atoms with Gasteiger partial charge in [0.25, 0.3) is 0 Å². The van der Waals surface area contributed by atoms with Gasteiger partial charge in [-0.05, 0) is 68.1 Å². The summed E-state index contributed by atoms with van der Waals surface area (Å²) in [5.41, 5.74) is 2.51. The number of unbranched alkanes of at least 4 members (excludes halogenated alkanes) is 1. The van der Waals surface area contributed by atoms with E-state index in [1.807, 2.05) is 6.20 Å². The molecule has 4 rings (SSSR count). The molecule has 0 bridgehead atoms. The van der Waals surface area contributed by atoms with Gasteiger partial charge in [-0.1, -0.05) is 0 Å². The lowest BCUT2D eigenvalue weighted by molar-refractivity contribution is 0.0693. The standard InChI is InChI=1S/C22H22F2N2O3/c23-14-4-7-20-17(9-14)13(11-26-20)3-1-2-8-25-15-10-18-16(22(27)28)5-6-19(24)21(18)29-12-15/h4-7,9,11,15,25-26H,1-3,8,10,12H2,(H,27,28)/t15-/m0/s1. The van der Waals surface area contributed by atoms with Crippen LogP contribution in [0.15, 0.2) is 36.5 Å². The van der Waals surface area contributed by atoms with E-state index in [1.54, 1.807) is 12.1 Å². The van der Waals surface area contributed by atoms with Gasteiger partial charge in [0.05, 0.1) is 5.56 Å². The van der Waals surface area contributed by atoms with Crippen LogP contribution in [0.1, 0.15) is 34.3 Å². The van der Waals surface area contributed by atoms with Gasteiger partial charge in [0.15, 0.2) is 11.6 Å².